The lowest BCUT2D eigenvalue weighted by atomic mass is 9.98. The summed E-state index contributed by atoms with van der Waals surface area (Å²) in [6.45, 7) is 1.96. The van der Waals surface area contributed by atoms with E-state index in [1.807, 2.05) is 17.2 Å². The zero-order chi connectivity index (χ0) is 17.8. The lowest BCUT2D eigenvalue weighted by Crippen LogP contribution is -2.42. The number of carbonyl (C=O) groups excluding carboxylic acids is 1. The number of amides is 1. The van der Waals surface area contributed by atoms with Gasteiger partial charge in [0.15, 0.2) is 6.19 Å². The second kappa shape index (κ2) is 8.05. The number of nitrogens with zero attached hydrogens (tertiary/aromatic N) is 3. The Bertz CT molecular complexity index is 817. The summed E-state index contributed by atoms with van der Waals surface area (Å²) in [5.41, 5.74) is 1.20. The van der Waals surface area contributed by atoms with Crippen molar-refractivity contribution in [2.24, 2.45) is 5.92 Å². The third-order valence-corrected chi connectivity index (χ3v) is 5.58. The topological polar surface area (TPSA) is 69.0 Å². The number of benzene rings is 1. The Morgan fingerprint density at radius 3 is 3.08 bits per heavy atom. The van der Waals surface area contributed by atoms with Crippen molar-refractivity contribution < 1.29 is 4.79 Å². The van der Waals surface area contributed by atoms with Gasteiger partial charge in [0.05, 0.1) is 5.02 Å². The number of nitrogens with one attached hydrogen (secondary N) is 1. The van der Waals surface area contributed by atoms with Gasteiger partial charge < -0.3 is 10.2 Å². The molecular formula is C17H16Cl2N4OS. The molecule has 1 aliphatic heterocycles. The van der Waals surface area contributed by atoms with Crippen LogP contribution in [0.15, 0.2) is 23.6 Å². The van der Waals surface area contributed by atoms with Crippen LogP contribution in [0.25, 0.3) is 10.6 Å². The van der Waals surface area contributed by atoms with Gasteiger partial charge in [0, 0.05) is 35.6 Å². The van der Waals surface area contributed by atoms with Gasteiger partial charge in [-0.2, -0.15) is 5.26 Å². The molecule has 1 N–H and O–H groups in total. The van der Waals surface area contributed by atoms with Gasteiger partial charge in [-0.25, -0.2) is 4.98 Å². The third-order valence-electron chi connectivity index (χ3n) is 4.16. The molecule has 0 spiro atoms. The van der Waals surface area contributed by atoms with Gasteiger partial charge in [0.2, 0.25) is 0 Å². The highest BCUT2D eigenvalue weighted by atomic mass is 35.5. The molecule has 5 nitrogen and oxygen atoms in total. The zero-order valence-electron chi connectivity index (χ0n) is 13.3. The van der Waals surface area contributed by atoms with E-state index in [4.69, 9.17) is 28.5 Å². The number of thiazole rings is 1. The molecule has 0 unspecified atom stereocenters. The van der Waals surface area contributed by atoms with E-state index in [9.17, 15) is 4.79 Å². The standard InChI is InChI=1S/C17H16Cl2N4OS/c18-12-3-4-13(14(19)6-12)16-22-15(9-25-16)17(24)23-5-1-2-11(8-23)7-21-10-20/h3-4,6,9,11,21H,1-2,5,7-8H2/t11-/m0/s1. The number of hydrogen-bond acceptors (Lipinski definition) is 5. The lowest BCUT2D eigenvalue weighted by Gasteiger charge is -2.32. The van der Waals surface area contributed by atoms with Crippen molar-refractivity contribution in [3.8, 4) is 16.8 Å². The van der Waals surface area contributed by atoms with E-state index in [2.05, 4.69) is 10.3 Å². The summed E-state index contributed by atoms with van der Waals surface area (Å²) in [6, 6.07) is 5.23. The number of aromatic nitrogens is 1. The third kappa shape index (κ3) is 4.24. The summed E-state index contributed by atoms with van der Waals surface area (Å²) in [7, 11) is 0. The molecule has 25 heavy (non-hydrogen) atoms. The van der Waals surface area contributed by atoms with E-state index < -0.39 is 0 Å². The first kappa shape index (κ1) is 18.0. The second-order valence-electron chi connectivity index (χ2n) is 5.91. The van der Waals surface area contributed by atoms with Crippen molar-refractivity contribution in [2.45, 2.75) is 12.8 Å². The highest BCUT2D eigenvalue weighted by Gasteiger charge is 2.26. The smallest absolute Gasteiger partial charge is 0.273 e. The van der Waals surface area contributed by atoms with Gasteiger partial charge >= 0.3 is 0 Å². The second-order valence-corrected chi connectivity index (χ2v) is 7.62. The van der Waals surface area contributed by atoms with Gasteiger partial charge in [-0.1, -0.05) is 23.2 Å². The minimum atomic E-state index is -0.0748. The van der Waals surface area contributed by atoms with E-state index >= 15 is 0 Å². The maximum atomic E-state index is 12.7. The van der Waals surface area contributed by atoms with Crippen LogP contribution in [-0.4, -0.2) is 35.4 Å². The van der Waals surface area contributed by atoms with Gasteiger partial charge in [-0.15, -0.1) is 11.3 Å². The molecule has 3 rings (SSSR count). The number of carbonyl (C=O) groups is 1. The molecule has 0 saturated carbocycles. The Morgan fingerprint density at radius 1 is 1.48 bits per heavy atom. The van der Waals surface area contributed by atoms with Gasteiger partial charge in [-0.3, -0.25) is 4.79 Å². The Labute approximate surface area is 160 Å². The van der Waals surface area contributed by atoms with Crippen LogP contribution in [-0.2, 0) is 0 Å². The molecule has 2 heterocycles. The quantitative estimate of drug-likeness (QED) is 0.627. The summed E-state index contributed by atoms with van der Waals surface area (Å²) < 4.78 is 0. The Kier molecular flexibility index (Phi) is 5.79. The predicted molar refractivity (Wildman–Crippen MR) is 99.8 cm³/mol. The first-order valence-electron chi connectivity index (χ1n) is 7.90. The largest absolute Gasteiger partial charge is 0.337 e. The van der Waals surface area contributed by atoms with Crippen molar-refractivity contribution in [3.05, 3.63) is 39.3 Å². The highest BCUT2D eigenvalue weighted by molar-refractivity contribution is 7.13. The predicted octanol–water partition coefficient (Wildman–Crippen LogP) is 4.04. The fraction of sp³-hybridized carbons (Fsp3) is 0.353. The van der Waals surface area contributed by atoms with Gasteiger partial charge in [0.1, 0.15) is 10.7 Å². The fourth-order valence-corrected chi connectivity index (χ4v) is 4.31. The van der Waals surface area contributed by atoms with Crippen LogP contribution >= 0.6 is 34.5 Å². The molecule has 130 valence electrons. The van der Waals surface area contributed by atoms with E-state index in [1.54, 1.807) is 17.5 Å². The Hall–Kier alpha value is -1.81. The first-order chi connectivity index (χ1) is 12.1. The summed E-state index contributed by atoms with van der Waals surface area (Å²) in [5, 5.41) is 14.9. The Morgan fingerprint density at radius 2 is 2.32 bits per heavy atom. The molecule has 1 amide bonds. The molecule has 2 aromatic rings. The van der Waals surface area contributed by atoms with Crippen LogP contribution < -0.4 is 5.32 Å². The fourth-order valence-electron chi connectivity index (χ4n) is 2.93. The van der Waals surface area contributed by atoms with Crippen molar-refractivity contribution >= 4 is 40.4 Å². The lowest BCUT2D eigenvalue weighted by molar-refractivity contribution is 0.0670. The molecule has 0 aliphatic carbocycles. The number of piperidine rings is 1. The molecule has 1 aromatic carbocycles. The van der Waals surface area contributed by atoms with Crippen LogP contribution in [0.1, 0.15) is 23.3 Å². The van der Waals surface area contributed by atoms with E-state index in [1.165, 1.54) is 11.3 Å². The number of halogens is 2. The van der Waals surface area contributed by atoms with Crippen LogP contribution in [0.5, 0.6) is 0 Å². The number of rotatable bonds is 4. The number of hydrogen-bond donors (Lipinski definition) is 1. The molecule has 0 radical (unpaired) electrons. The zero-order valence-corrected chi connectivity index (χ0v) is 15.7. The molecule has 8 heteroatoms. The molecule has 1 saturated heterocycles. The van der Waals surface area contributed by atoms with Crippen LogP contribution in [0.2, 0.25) is 10.0 Å². The van der Waals surface area contributed by atoms with Crippen LogP contribution in [0.4, 0.5) is 0 Å². The van der Waals surface area contributed by atoms with Crippen molar-refractivity contribution in [1.82, 2.24) is 15.2 Å². The molecule has 1 fully saturated rings. The van der Waals surface area contributed by atoms with Crippen molar-refractivity contribution in [3.63, 3.8) is 0 Å². The maximum absolute atomic E-state index is 12.7. The van der Waals surface area contributed by atoms with Crippen molar-refractivity contribution in [2.75, 3.05) is 19.6 Å². The minimum absolute atomic E-state index is 0.0748. The normalized spacial score (nSPS) is 17.2. The SMILES string of the molecule is N#CNC[C@@H]1CCCN(C(=O)c2csc(-c3ccc(Cl)cc3Cl)n2)C1. The molecule has 1 atom stereocenters. The first-order valence-corrected chi connectivity index (χ1v) is 9.54. The summed E-state index contributed by atoms with van der Waals surface area (Å²) in [4.78, 5) is 19.0. The number of likely N-dealkylation sites (tertiary alicyclic amines) is 1. The van der Waals surface area contributed by atoms with Crippen LogP contribution in [0.3, 0.4) is 0 Å². The summed E-state index contributed by atoms with van der Waals surface area (Å²) in [6.07, 6.45) is 3.88. The van der Waals surface area contributed by atoms with E-state index in [0.717, 1.165) is 24.9 Å². The Balaban J connectivity index is 1.73. The van der Waals surface area contributed by atoms with Crippen LogP contribution in [0, 0.1) is 17.4 Å². The minimum Gasteiger partial charge on any atom is -0.337 e. The average molecular weight is 395 g/mol. The van der Waals surface area contributed by atoms with E-state index in [-0.39, 0.29) is 5.91 Å². The molecule has 1 aromatic heterocycles. The molecule has 1 aliphatic rings. The van der Waals surface area contributed by atoms with Gasteiger partial charge in [0.25, 0.3) is 5.91 Å². The maximum Gasteiger partial charge on any atom is 0.273 e. The summed E-state index contributed by atoms with van der Waals surface area (Å²) in [5.74, 6) is 0.218. The number of nitriles is 1. The molecular weight excluding hydrogens is 379 g/mol. The summed E-state index contributed by atoms with van der Waals surface area (Å²) >= 11 is 13.5. The molecule has 0 bridgehead atoms. The highest BCUT2D eigenvalue weighted by Crippen LogP contribution is 2.32. The van der Waals surface area contributed by atoms with Crippen molar-refractivity contribution in [1.29, 1.82) is 5.26 Å². The average Bonchev–Trinajstić information content (AvgIpc) is 3.09. The van der Waals surface area contributed by atoms with Gasteiger partial charge in [-0.05, 0) is 37.0 Å². The monoisotopic (exact) mass is 394 g/mol. The van der Waals surface area contributed by atoms with E-state index in [0.29, 0.717) is 39.8 Å².